The molecule has 0 radical (unpaired) electrons. The number of H-pyrrole nitrogens is 1. The molecule has 2 aromatic heterocycles. The minimum Gasteiger partial charge on any atom is -0.344 e. The molecule has 156 valence electrons. The van der Waals surface area contributed by atoms with E-state index in [1.807, 2.05) is 24.3 Å². The van der Waals surface area contributed by atoms with Gasteiger partial charge in [0, 0.05) is 11.4 Å². The van der Waals surface area contributed by atoms with Crippen LogP contribution in [0.2, 0.25) is 5.02 Å². The zero-order chi connectivity index (χ0) is 22.1. The van der Waals surface area contributed by atoms with Crippen molar-refractivity contribution < 1.29 is 4.79 Å². The number of halogens is 1. The molecule has 4 aromatic rings. The van der Waals surface area contributed by atoms with Gasteiger partial charge in [-0.2, -0.15) is 5.10 Å². The average molecular weight is 435 g/mol. The molecule has 0 unspecified atom stereocenters. The molecule has 0 aliphatic heterocycles. The Hall–Kier alpha value is -3.71. The number of fused-ring (bicyclic) bond motifs is 1. The molecule has 8 heteroatoms. The highest BCUT2D eigenvalue weighted by molar-refractivity contribution is 6.35. The van der Waals surface area contributed by atoms with Crippen LogP contribution < -0.4 is 16.4 Å². The average Bonchev–Trinajstić information content (AvgIpc) is 2.75. The summed E-state index contributed by atoms with van der Waals surface area (Å²) in [6.45, 7) is 3.43. The maximum Gasteiger partial charge on any atom is 0.277 e. The summed E-state index contributed by atoms with van der Waals surface area (Å²) < 4.78 is 1.53. The minimum absolute atomic E-state index is 0.0446. The van der Waals surface area contributed by atoms with Crippen molar-refractivity contribution in [3.63, 3.8) is 0 Å². The molecule has 31 heavy (non-hydrogen) atoms. The van der Waals surface area contributed by atoms with Crippen LogP contribution in [0.15, 0.2) is 70.3 Å². The van der Waals surface area contributed by atoms with Crippen LogP contribution in [-0.2, 0) is 0 Å². The van der Waals surface area contributed by atoms with E-state index in [-0.39, 0.29) is 11.1 Å². The van der Waals surface area contributed by atoms with Gasteiger partial charge in [-0.15, -0.1) is 0 Å². The number of nitrogens with zero attached hydrogens (tertiary/aromatic N) is 2. The van der Waals surface area contributed by atoms with Gasteiger partial charge in [0.15, 0.2) is 0 Å². The highest BCUT2D eigenvalue weighted by atomic mass is 35.5. The number of aryl methyl sites for hydroxylation is 1. The summed E-state index contributed by atoms with van der Waals surface area (Å²) in [7, 11) is 0. The first kappa shape index (κ1) is 20.6. The standard InChI is InChI=1S/C23H19ClN4O3/c1-13-11-17(22(30)27-26-13)21(29)25-14(2)19-12-15-7-6-10-18(24)20(15)23(31)28(19)16-8-4-3-5-9-16/h3-12,14H,1-2H3,(H,25,29)(H,27,30)/t14-/m0/s1. The van der Waals surface area contributed by atoms with Crippen LogP contribution in [0, 0.1) is 6.92 Å². The van der Waals surface area contributed by atoms with Crippen molar-refractivity contribution in [3.8, 4) is 5.69 Å². The molecule has 7 nitrogen and oxygen atoms in total. The van der Waals surface area contributed by atoms with Crippen molar-refractivity contribution in [2.24, 2.45) is 0 Å². The number of rotatable bonds is 4. The molecule has 0 saturated heterocycles. The Balaban J connectivity index is 1.86. The summed E-state index contributed by atoms with van der Waals surface area (Å²) in [5.74, 6) is -0.558. The van der Waals surface area contributed by atoms with Crippen LogP contribution in [0.3, 0.4) is 0 Å². The molecule has 2 N–H and O–H groups in total. The van der Waals surface area contributed by atoms with Crippen molar-refractivity contribution in [1.29, 1.82) is 0 Å². The third kappa shape index (κ3) is 3.87. The molecule has 2 heterocycles. The van der Waals surface area contributed by atoms with Crippen molar-refractivity contribution >= 4 is 28.3 Å². The van der Waals surface area contributed by atoms with Crippen LogP contribution in [0.25, 0.3) is 16.5 Å². The third-order valence-corrected chi connectivity index (χ3v) is 5.32. The van der Waals surface area contributed by atoms with Crippen LogP contribution >= 0.6 is 11.6 Å². The largest absolute Gasteiger partial charge is 0.344 e. The maximum atomic E-state index is 13.4. The zero-order valence-electron chi connectivity index (χ0n) is 16.8. The number of hydrogen-bond acceptors (Lipinski definition) is 4. The smallest absolute Gasteiger partial charge is 0.277 e. The van der Waals surface area contributed by atoms with Gasteiger partial charge in [-0.3, -0.25) is 19.0 Å². The second-order valence-electron chi connectivity index (χ2n) is 7.20. The molecule has 0 aliphatic rings. The first-order valence-electron chi connectivity index (χ1n) is 9.63. The summed E-state index contributed by atoms with van der Waals surface area (Å²) in [6.07, 6.45) is 0. The second kappa shape index (κ2) is 8.20. The number of carbonyl (C=O) groups excluding carboxylic acids is 1. The van der Waals surface area contributed by atoms with Gasteiger partial charge in [0.2, 0.25) is 0 Å². The van der Waals surface area contributed by atoms with Crippen molar-refractivity contribution in [2.45, 2.75) is 19.9 Å². The van der Waals surface area contributed by atoms with E-state index in [2.05, 4.69) is 15.5 Å². The molecule has 1 atom stereocenters. The lowest BCUT2D eigenvalue weighted by Gasteiger charge is -2.21. The highest BCUT2D eigenvalue weighted by Crippen LogP contribution is 2.25. The second-order valence-corrected chi connectivity index (χ2v) is 7.60. The number of para-hydroxylation sites is 1. The first-order chi connectivity index (χ1) is 14.9. The van der Waals surface area contributed by atoms with E-state index in [0.717, 1.165) is 0 Å². The molecule has 0 fully saturated rings. The number of pyridine rings is 1. The number of carbonyl (C=O) groups is 1. The summed E-state index contributed by atoms with van der Waals surface area (Å²) in [6, 6.07) is 17.0. The molecule has 0 saturated carbocycles. The van der Waals surface area contributed by atoms with Crippen LogP contribution in [0.1, 0.15) is 34.7 Å². The molecule has 0 bridgehead atoms. The molecule has 2 aromatic carbocycles. The van der Waals surface area contributed by atoms with Crippen molar-refractivity contribution in [1.82, 2.24) is 20.1 Å². The SMILES string of the molecule is Cc1cc(C(=O)N[C@@H](C)c2cc3cccc(Cl)c3c(=O)n2-c2ccccc2)c(=O)[nH]n1. The highest BCUT2D eigenvalue weighted by Gasteiger charge is 2.21. The van der Waals surface area contributed by atoms with Gasteiger partial charge in [-0.1, -0.05) is 41.9 Å². The molecule has 0 aliphatic carbocycles. The normalized spacial score (nSPS) is 12.0. The Morgan fingerprint density at radius 3 is 2.58 bits per heavy atom. The quantitative estimate of drug-likeness (QED) is 0.513. The predicted molar refractivity (Wildman–Crippen MR) is 120 cm³/mol. The first-order valence-corrected chi connectivity index (χ1v) is 10.0. The lowest BCUT2D eigenvalue weighted by Crippen LogP contribution is -2.35. The maximum absolute atomic E-state index is 13.4. The lowest BCUT2D eigenvalue weighted by atomic mass is 10.1. The van der Waals surface area contributed by atoms with E-state index >= 15 is 0 Å². The Labute approximate surface area is 182 Å². The van der Waals surface area contributed by atoms with E-state index in [1.165, 1.54) is 10.6 Å². The zero-order valence-corrected chi connectivity index (χ0v) is 17.6. The van der Waals surface area contributed by atoms with E-state index in [9.17, 15) is 14.4 Å². The monoisotopic (exact) mass is 434 g/mol. The Morgan fingerprint density at radius 2 is 1.84 bits per heavy atom. The number of hydrogen-bond donors (Lipinski definition) is 2. The van der Waals surface area contributed by atoms with Gasteiger partial charge in [0.1, 0.15) is 5.56 Å². The summed E-state index contributed by atoms with van der Waals surface area (Å²) in [5, 5.41) is 10.3. The Morgan fingerprint density at radius 1 is 1.10 bits per heavy atom. The van der Waals surface area contributed by atoms with E-state index in [0.29, 0.717) is 32.9 Å². The fraction of sp³-hybridized carbons (Fsp3) is 0.130. The number of benzene rings is 2. The van der Waals surface area contributed by atoms with E-state index in [4.69, 9.17) is 11.6 Å². The molecule has 0 spiro atoms. The fourth-order valence-corrected chi connectivity index (χ4v) is 3.79. The third-order valence-electron chi connectivity index (χ3n) is 5.01. The van der Waals surface area contributed by atoms with Gasteiger partial charge in [-0.05, 0) is 49.6 Å². The molecule has 1 amide bonds. The Kier molecular flexibility index (Phi) is 5.44. The van der Waals surface area contributed by atoms with Crippen LogP contribution in [0.4, 0.5) is 0 Å². The van der Waals surface area contributed by atoms with Crippen LogP contribution in [0.5, 0.6) is 0 Å². The van der Waals surface area contributed by atoms with E-state index < -0.39 is 17.5 Å². The Bertz CT molecular complexity index is 1410. The van der Waals surface area contributed by atoms with Gasteiger partial charge < -0.3 is 5.32 Å². The summed E-state index contributed by atoms with van der Waals surface area (Å²) in [4.78, 5) is 38.3. The summed E-state index contributed by atoms with van der Waals surface area (Å²) >= 11 is 6.32. The fourth-order valence-electron chi connectivity index (χ4n) is 3.52. The van der Waals surface area contributed by atoms with Crippen molar-refractivity contribution in [3.05, 3.63) is 103 Å². The van der Waals surface area contributed by atoms with E-state index in [1.54, 1.807) is 44.2 Å². The number of aromatic amines is 1. The minimum atomic E-state index is -0.586. The predicted octanol–water partition coefficient (Wildman–Crippen LogP) is 3.53. The number of amides is 1. The molecular formula is C23H19ClN4O3. The van der Waals surface area contributed by atoms with Crippen molar-refractivity contribution in [2.75, 3.05) is 0 Å². The van der Waals surface area contributed by atoms with Gasteiger partial charge in [0.25, 0.3) is 17.0 Å². The van der Waals surface area contributed by atoms with Gasteiger partial charge in [-0.25, -0.2) is 5.10 Å². The lowest BCUT2D eigenvalue weighted by molar-refractivity contribution is 0.0936. The van der Waals surface area contributed by atoms with Gasteiger partial charge in [0.05, 0.1) is 22.1 Å². The van der Waals surface area contributed by atoms with Crippen LogP contribution in [-0.4, -0.2) is 20.7 Å². The topological polar surface area (TPSA) is 96.9 Å². The molecule has 4 rings (SSSR count). The summed E-state index contributed by atoms with van der Waals surface area (Å²) in [5.41, 5.74) is 0.796. The molecular weight excluding hydrogens is 416 g/mol. The number of aromatic nitrogens is 3. The number of nitrogens with one attached hydrogen (secondary N) is 2. The van der Waals surface area contributed by atoms with Gasteiger partial charge >= 0.3 is 0 Å².